The van der Waals surface area contributed by atoms with Crippen LogP contribution in [-0.4, -0.2) is 17.1 Å². The molecule has 1 amide bonds. The van der Waals surface area contributed by atoms with Crippen molar-refractivity contribution in [3.05, 3.63) is 0 Å². The Morgan fingerprint density at radius 3 is 2.62 bits per heavy atom. The number of nitrogens with one attached hydrogen (secondary N) is 1. The van der Waals surface area contributed by atoms with Crippen LogP contribution in [0.1, 0.15) is 6.92 Å². The number of carbonyl (C=O) groups excluding carboxylic acids is 1. The molecule has 0 aromatic carbocycles. The molecule has 0 radical (unpaired) electrons. The summed E-state index contributed by atoms with van der Waals surface area (Å²) in [5.74, 6) is 3.76. The van der Waals surface area contributed by atoms with Gasteiger partial charge < -0.3 is 5.11 Å². The highest BCUT2D eigenvalue weighted by Crippen LogP contribution is 1.75. The van der Waals surface area contributed by atoms with Crippen LogP contribution in [0.3, 0.4) is 0 Å². The van der Waals surface area contributed by atoms with Crippen molar-refractivity contribution >= 4 is 5.91 Å². The van der Waals surface area contributed by atoms with E-state index in [2.05, 4.69) is 10.8 Å². The van der Waals surface area contributed by atoms with Crippen molar-refractivity contribution < 1.29 is 14.8 Å². The molecule has 48 valence electrons. The molecule has 8 heavy (non-hydrogen) atoms. The first-order valence-electron chi connectivity index (χ1n) is 2.02. The maximum atomic E-state index is 10.2. The fourth-order valence-corrected chi connectivity index (χ4v) is 0.143. The Labute approximate surface area is 46.3 Å². The Morgan fingerprint density at radius 2 is 2.50 bits per heavy atom. The lowest BCUT2D eigenvalue weighted by atomic mass is 10.4. The molecule has 0 aliphatic heterocycles. The van der Waals surface area contributed by atoms with Crippen molar-refractivity contribution in [3.63, 3.8) is 0 Å². The van der Waals surface area contributed by atoms with Gasteiger partial charge in [0.25, 0.3) is 5.91 Å². The van der Waals surface area contributed by atoms with Gasteiger partial charge in [0.2, 0.25) is 0 Å². The Balaban J connectivity index is 3.33. The summed E-state index contributed by atoms with van der Waals surface area (Å²) < 4.78 is 0. The fraction of sp³-hybridized carbons (Fsp3) is 0.667. The Kier molecular flexibility index (Phi) is 3.09. The first kappa shape index (κ1) is 7.35. The van der Waals surface area contributed by atoms with E-state index >= 15 is 0 Å². The Hall–Kier alpha value is -0.650. The van der Waals surface area contributed by atoms with Crippen molar-refractivity contribution in [2.45, 2.75) is 13.0 Å². The number of aliphatic hydroxyl groups excluding tert-OH is 1. The van der Waals surface area contributed by atoms with E-state index in [1.54, 1.807) is 5.48 Å². The second-order valence-electron chi connectivity index (χ2n) is 1.26. The van der Waals surface area contributed by atoms with Gasteiger partial charge in [-0.25, -0.2) is 5.48 Å². The van der Waals surface area contributed by atoms with E-state index in [0.717, 1.165) is 0 Å². The van der Waals surface area contributed by atoms with E-state index in [0.29, 0.717) is 0 Å². The summed E-state index contributed by atoms with van der Waals surface area (Å²) in [6, 6.07) is 0. The van der Waals surface area contributed by atoms with E-state index in [-0.39, 0.29) is 0 Å². The second-order valence-corrected chi connectivity index (χ2v) is 1.26. The molecule has 0 saturated carbocycles. The lowest BCUT2D eigenvalue weighted by Crippen LogP contribution is -2.34. The smallest absolute Gasteiger partial charge is 0.273 e. The number of nitrogens with two attached hydrogens (primary N) is 1. The summed E-state index contributed by atoms with van der Waals surface area (Å²) in [4.78, 5) is 13.9. The van der Waals surface area contributed by atoms with Gasteiger partial charge in [0.15, 0.2) is 0 Å². The van der Waals surface area contributed by atoms with Crippen LogP contribution >= 0.6 is 0 Å². The number of aliphatic hydroxyl groups is 1. The predicted octanol–water partition coefficient (Wildman–Crippen LogP) is -1.71. The first-order valence-corrected chi connectivity index (χ1v) is 2.02. The summed E-state index contributed by atoms with van der Waals surface area (Å²) in [6.45, 7) is 1.30. The van der Waals surface area contributed by atoms with Crippen molar-refractivity contribution in [1.29, 1.82) is 0 Å². The van der Waals surface area contributed by atoms with Gasteiger partial charge in [0.05, 0.1) is 0 Å². The normalized spacial score (nSPS) is 12.9. The van der Waals surface area contributed by atoms with Gasteiger partial charge in [-0.1, -0.05) is 0 Å². The number of amides is 1. The van der Waals surface area contributed by atoms with Gasteiger partial charge >= 0.3 is 0 Å². The van der Waals surface area contributed by atoms with Crippen molar-refractivity contribution in [2.75, 3.05) is 0 Å². The van der Waals surface area contributed by atoms with E-state index in [1.165, 1.54) is 6.92 Å². The molecular weight excluding hydrogens is 112 g/mol. The van der Waals surface area contributed by atoms with Crippen LogP contribution < -0.4 is 11.4 Å². The van der Waals surface area contributed by atoms with Crippen LogP contribution in [-0.2, 0) is 9.73 Å². The fourth-order valence-electron chi connectivity index (χ4n) is 0.143. The van der Waals surface area contributed by atoms with E-state index in [9.17, 15) is 4.79 Å². The zero-order chi connectivity index (χ0) is 6.57. The van der Waals surface area contributed by atoms with Crippen LogP contribution in [0.4, 0.5) is 0 Å². The van der Waals surface area contributed by atoms with Gasteiger partial charge in [-0.3, -0.25) is 4.79 Å². The average molecular weight is 120 g/mol. The van der Waals surface area contributed by atoms with Crippen LogP contribution in [0.25, 0.3) is 0 Å². The van der Waals surface area contributed by atoms with Crippen LogP contribution in [0.15, 0.2) is 0 Å². The predicted molar refractivity (Wildman–Crippen MR) is 25.1 cm³/mol. The zero-order valence-electron chi connectivity index (χ0n) is 4.42. The minimum atomic E-state index is -1.08. The maximum Gasteiger partial charge on any atom is 0.273 e. The molecule has 1 unspecified atom stereocenters. The molecule has 0 saturated heterocycles. The topological polar surface area (TPSA) is 84.6 Å². The van der Waals surface area contributed by atoms with Crippen LogP contribution in [0, 0.1) is 0 Å². The minimum absolute atomic E-state index is 0.660. The molecule has 5 nitrogen and oxygen atoms in total. The highest BCUT2D eigenvalue weighted by atomic mass is 16.8. The molecule has 0 aromatic rings. The molecular formula is C3H8N2O3. The summed E-state index contributed by atoms with van der Waals surface area (Å²) >= 11 is 0. The summed E-state index contributed by atoms with van der Waals surface area (Å²) in [5.41, 5.74) is 1.73. The average Bonchev–Trinajstić information content (AvgIpc) is 1.67. The molecule has 1 atom stereocenters. The SMILES string of the molecule is CC(O)C(=O)NON. The molecule has 0 aliphatic carbocycles. The number of hydroxylamine groups is 1. The molecule has 4 N–H and O–H groups in total. The first-order chi connectivity index (χ1) is 3.68. The quantitative estimate of drug-likeness (QED) is 0.379. The zero-order valence-corrected chi connectivity index (χ0v) is 4.42. The number of hydrogen-bond donors (Lipinski definition) is 3. The third kappa shape index (κ3) is 2.51. The van der Waals surface area contributed by atoms with Crippen molar-refractivity contribution in [3.8, 4) is 0 Å². The molecule has 0 rings (SSSR count). The molecule has 0 aliphatic rings. The highest BCUT2D eigenvalue weighted by Gasteiger charge is 2.05. The Morgan fingerprint density at radius 1 is 2.00 bits per heavy atom. The monoisotopic (exact) mass is 120 g/mol. The molecule has 5 heteroatoms. The number of carbonyl (C=O) groups is 1. The van der Waals surface area contributed by atoms with Gasteiger partial charge in [0, 0.05) is 0 Å². The molecule has 0 fully saturated rings. The lowest BCUT2D eigenvalue weighted by Gasteiger charge is -2.00. The van der Waals surface area contributed by atoms with Crippen molar-refractivity contribution in [1.82, 2.24) is 5.48 Å². The summed E-state index contributed by atoms with van der Waals surface area (Å²) in [7, 11) is 0. The summed E-state index contributed by atoms with van der Waals surface area (Å²) in [6.07, 6.45) is -1.08. The van der Waals surface area contributed by atoms with Gasteiger partial charge in [-0.2, -0.15) is 10.8 Å². The molecule has 0 heterocycles. The molecule has 0 bridgehead atoms. The van der Waals surface area contributed by atoms with Crippen LogP contribution in [0.2, 0.25) is 0 Å². The van der Waals surface area contributed by atoms with E-state index in [4.69, 9.17) is 5.11 Å². The molecule has 0 spiro atoms. The third-order valence-electron chi connectivity index (χ3n) is 0.539. The van der Waals surface area contributed by atoms with Gasteiger partial charge in [0.1, 0.15) is 6.10 Å². The van der Waals surface area contributed by atoms with Gasteiger partial charge in [-0.15, -0.1) is 0 Å². The Bertz CT molecular complexity index is 82.6. The minimum Gasteiger partial charge on any atom is -0.383 e. The van der Waals surface area contributed by atoms with Crippen molar-refractivity contribution in [2.24, 2.45) is 5.90 Å². The second kappa shape index (κ2) is 3.36. The number of hydrogen-bond acceptors (Lipinski definition) is 4. The standard InChI is InChI=1S/C3H8N2O3/c1-2(6)3(7)5-8-4/h2,6H,4H2,1H3,(H,5,7). The summed E-state index contributed by atoms with van der Waals surface area (Å²) in [5, 5.41) is 8.40. The van der Waals surface area contributed by atoms with Gasteiger partial charge in [-0.05, 0) is 6.92 Å². The largest absolute Gasteiger partial charge is 0.383 e. The highest BCUT2D eigenvalue weighted by molar-refractivity contribution is 5.78. The van der Waals surface area contributed by atoms with Crippen LogP contribution in [0.5, 0.6) is 0 Å². The molecule has 0 aromatic heterocycles. The third-order valence-corrected chi connectivity index (χ3v) is 0.539. The van der Waals surface area contributed by atoms with E-state index in [1.807, 2.05) is 0 Å². The maximum absolute atomic E-state index is 10.2. The van der Waals surface area contributed by atoms with E-state index < -0.39 is 12.0 Å². The lowest BCUT2D eigenvalue weighted by molar-refractivity contribution is -0.141. The number of rotatable bonds is 2.